The predicted octanol–water partition coefficient (Wildman–Crippen LogP) is 3.41. The van der Waals surface area contributed by atoms with Gasteiger partial charge < -0.3 is 20.5 Å². The minimum atomic E-state index is -0.507. The summed E-state index contributed by atoms with van der Waals surface area (Å²) < 4.78 is 11.4. The number of carbonyl (C=O) groups excluding carboxylic acids is 2. The molecule has 35 heavy (non-hydrogen) atoms. The van der Waals surface area contributed by atoms with E-state index in [0.717, 1.165) is 11.3 Å². The topological polar surface area (TPSA) is 106 Å². The summed E-state index contributed by atoms with van der Waals surface area (Å²) >= 11 is 0. The number of ether oxygens (including phenoxy) is 2. The number of benzene rings is 1. The first-order chi connectivity index (χ1) is 16.5. The average Bonchev–Trinajstić information content (AvgIpc) is 3.55. The summed E-state index contributed by atoms with van der Waals surface area (Å²) in [6.45, 7) is 10.6. The maximum Gasteiger partial charge on any atom is 0.231 e. The fraction of sp³-hybridized carbons (Fsp3) is 0.667. The highest BCUT2D eigenvalue weighted by Crippen LogP contribution is 2.47. The van der Waals surface area contributed by atoms with Crippen LogP contribution in [-0.4, -0.2) is 53.6 Å². The Morgan fingerprint density at radius 2 is 2.03 bits per heavy atom. The number of nitrogens with one attached hydrogen (secondary N) is 1. The van der Waals surface area contributed by atoms with Crippen molar-refractivity contribution >= 4 is 17.8 Å². The molecule has 5 atom stereocenters. The normalized spacial score (nSPS) is 30.3. The van der Waals surface area contributed by atoms with E-state index >= 15 is 0 Å². The number of hydrogen-bond donors (Lipinski definition) is 2. The molecule has 2 aliphatic heterocycles. The van der Waals surface area contributed by atoms with Gasteiger partial charge >= 0.3 is 0 Å². The van der Waals surface area contributed by atoms with Crippen LogP contribution in [0.25, 0.3) is 0 Å². The molecule has 0 spiro atoms. The third-order valence-electron chi connectivity index (χ3n) is 7.95. The number of nitrogens with zero attached hydrogens (tertiary/aromatic N) is 2. The first-order valence-electron chi connectivity index (χ1n) is 12.7. The number of fused-ring (bicyclic) bond motifs is 1. The molecule has 3 N–H and O–H groups in total. The summed E-state index contributed by atoms with van der Waals surface area (Å²) in [5, 5.41) is 3.27. The van der Waals surface area contributed by atoms with E-state index in [9.17, 15) is 9.59 Å². The van der Waals surface area contributed by atoms with Gasteiger partial charge in [0.2, 0.25) is 11.8 Å². The van der Waals surface area contributed by atoms with Gasteiger partial charge in [-0.25, -0.2) is 4.99 Å². The monoisotopic (exact) mass is 484 g/mol. The standard InChI is InChI=1S/C27H40N4O4/c1-16(2)27(5)15-23(32)31(25(28)30-27)21(11-12-34-6)18-13-19(18)24(33)29-20-14-26(3,4)35-22-10-8-7-9-17(20)22/h7-10,16,18-21H,11-15H2,1-6H3,(H2,28,30)(H,29,33)/t18?,19-,20+,21-,27+/m1/s1. The van der Waals surface area contributed by atoms with Crippen LogP contribution in [-0.2, 0) is 14.3 Å². The third kappa shape index (κ3) is 5.17. The molecule has 8 nitrogen and oxygen atoms in total. The summed E-state index contributed by atoms with van der Waals surface area (Å²) in [6, 6.07) is 7.55. The van der Waals surface area contributed by atoms with E-state index in [0.29, 0.717) is 32.3 Å². The van der Waals surface area contributed by atoms with Crippen molar-refractivity contribution in [3.8, 4) is 5.75 Å². The molecule has 192 valence electrons. The van der Waals surface area contributed by atoms with Gasteiger partial charge in [-0.1, -0.05) is 32.0 Å². The van der Waals surface area contributed by atoms with E-state index < -0.39 is 5.54 Å². The molecule has 8 heteroatoms. The van der Waals surface area contributed by atoms with Crippen LogP contribution in [0.1, 0.15) is 71.9 Å². The van der Waals surface area contributed by atoms with Crippen molar-refractivity contribution in [2.45, 2.75) is 83.5 Å². The Morgan fingerprint density at radius 3 is 2.69 bits per heavy atom. The van der Waals surface area contributed by atoms with Crippen molar-refractivity contribution < 1.29 is 19.1 Å². The van der Waals surface area contributed by atoms with Crippen LogP contribution in [0.15, 0.2) is 29.3 Å². The van der Waals surface area contributed by atoms with Gasteiger partial charge in [-0.15, -0.1) is 0 Å². The third-order valence-corrected chi connectivity index (χ3v) is 7.95. The number of hydrogen-bond acceptors (Lipinski definition) is 6. The summed E-state index contributed by atoms with van der Waals surface area (Å²) in [6.07, 6.45) is 2.33. The molecule has 1 aromatic rings. The molecule has 1 fully saturated rings. The molecular formula is C27H40N4O4. The molecule has 1 aromatic carbocycles. The predicted molar refractivity (Wildman–Crippen MR) is 135 cm³/mol. The van der Waals surface area contributed by atoms with Gasteiger partial charge in [-0.3, -0.25) is 14.5 Å². The van der Waals surface area contributed by atoms with Gasteiger partial charge in [-0.05, 0) is 51.5 Å². The molecule has 0 aromatic heterocycles. The van der Waals surface area contributed by atoms with Crippen molar-refractivity contribution in [1.82, 2.24) is 10.2 Å². The smallest absolute Gasteiger partial charge is 0.231 e. The minimum Gasteiger partial charge on any atom is -0.487 e. The second-order valence-electron chi connectivity index (χ2n) is 11.4. The average molecular weight is 485 g/mol. The molecule has 1 unspecified atom stereocenters. The highest BCUT2D eigenvalue weighted by Gasteiger charge is 2.53. The SMILES string of the molecule is COCC[C@H](C1C[C@H]1C(=O)N[C@H]1CC(C)(C)Oc2ccccc21)N1C(=O)C[C@@](C)(C(C)C)N=C1N. The second-order valence-corrected chi connectivity index (χ2v) is 11.4. The molecule has 3 aliphatic rings. The Hall–Kier alpha value is -2.61. The lowest BCUT2D eigenvalue weighted by Crippen LogP contribution is -2.57. The Kier molecular flexibility index (Phi) is 6.88. The number of amides is 2. The van der Waals surface area contributed by atoms with E-state index in [-0.39, 0.29) is 53.2 Å². The maximum atomic E-state index is 13.4. The Balaban J connectivity index is 1.50. The van der Waals surface area contributed by atoms with Crippen LogP contribution in [0.2, 0.25) is 0 Å². The van der Waals surface area contributed by atoms with Crippen LogP contribution in [0, 0.1) is 17.8 Å². The summed E-state index contributed by atoms with van der Waals surface area (Å²) in [5.41, 5.74) is 6.50. The Morgan fingerprint density at radius 1 is 1.31 bits per heavy atom. The number of guanidine groups is 1. The van der Waals surface area contributed by atoms with E-state index in [1.54, 1.807) is 12.0 Å². The number of para-hydroxylation sites is 1. The van der Waals surface area contributed by atoms with E-state index in [4.69, 9.17) is 20.2 Å². The van der Waals surface area contributed by atoms with Crippen LogP contribution in [0.4, 0.5) is 0 Å². The van der Waals surface area contributed by atoms with E-state index in [2.05, 4.69) is 19.2 Å². The molecule has 2 amide bonds. The molecular weight excluding hydrogens is 444 g/mol. The molecule has 2 heterocycles. The highest BCUT2D eigenvalue weighted by molar-refractivity contribution is 5.99. The number of methoxy groups -OCH3 is 1. The van der Waals surface area contributed by atoms with E-state index in [1.807, 2.05) is 45.0 Å². The lowest BCUT2D eigenvalue weighted by atomic mass is 9.84. The first kappa shape index (κ1) is 25.5. The molecule has 0 bridgehead atoms. The quantitative estimate of drug-likeness (QED) is 0.588. The van der Waals surface area contributed by atoms with Crippen LogP contribution in [0.5, 0.6) is 5.75 Å². The van der Waals surface area contributed by atoms with Crippen molar-refractivity contribution in [2.75, 3.05) is 13.7 Å². The highest BCUT2D eigenvalue weighted by atomic mass is 16.5. The van der Waals surface area contributed by atoms with Crippen LogP contribution < -0.4 is 15.8 Å². The largest absolute Gasteiger partial charge is 0.487 e. The molecule has 4 rings (SSSR count). The fourth-order valence-corrected chi connectivity index (χ4v) is 5.49. The summed E-state index contributed by atoms with van der Waals surface area (Å²) in [7, 11) is 1.64. The van der Waals surface area contributed by atoms with Crippen molar-refractivity contribution in [2.24, 2.45) is 28.5 Å². The molecule has 0 saturated heterocycles. The number of carbonyl (C=O) groups is 2. The van der Waals surface area contributed by atoms with Crippen molar-refractivity contribution in [3.63, 3.8) is 0 Å². The van der Waals surface area contributed by atoms with Crippen molar-refractivity contribution in [1.29, 1.82) is 0 Å². The minimum absolute atomic E-state index is 0.0157. The number of aliphatic imine (C=N–C) groups is 1. The summed E-state index contributed by atoms with van der Waals surface area (Å²) in [4.78, 5) is 33.0. The fourth-order valence-electron chi connectivity index (χ4n) is 5.49. The van der Waals surface area contributed by atoms with Crippen LogP contribution >= 0.6 is 0 Å². The van der Waals surface area contributed by atoms with Gasteiger partial charge in [-0.2, -0.15) is 0 Å². The second kappa shape index (κ2) is 9.45. The zero-order chi connectivity index (χ0) is 25.5. The molecule has 0 radical (unpaired) electrons. The van der Waals surface area contributed by atoms with Gasteiger partial charge in [0.25, 0.3) is 0 Å². The maximum absolute atomic E-state index is 13.4. The summed E-state index contributed by atoms with van der Waals surface area (Å²) in [5.74, 6) is 1.10. The van der Waals surface area contributed by atoms with Crippen molar-refractivity contribution in [3.05, 3.63) is 29.8 Å². The lowest BCUT2D eigenvalue weighted by Gasteiger charge is -2.41. The van der Waals surface area contributed by atoms with Gasteiger partial charge in [0.15, 0.2) is 5.96 Å². The first-order valence-corrected chi connectivity index (χ1v) is 12.7. The molecule has 1 aliphatic carbocycles. The zero-order valence-electron chi connectivity index (χ0n) is 21.8. The Bertz CT molecular complexity index is 1010. The zero-order valence-corrected chi connectivity index (χ0v) is 21.8. The molecule has 1 saturated carbocycles. The van der Waals surface area contributed by atoms with Crippen LogP contribution in [0.3, 0.4) is 0 Å². The Labute approximate surface area is 208 Å². The van der Waals surface area contributed by atoms with Gasteiger partial charge in [0, 0.05) is 37.7 Å². The van der Waals surface area contributed by atoms with E-state index in [1.165, 1.54) is 0 Å². The van der Waals surface area contributed by atoms with Gasteiger partial charge in [0.1, 0.15) is 11.4 Å². The van der Waals surface area contributed by atoms with Gasteiger partial charge in [0.05, 0.1) is 18.0 Å². The lowest BCUT2D eigenvalue weighted by molar-refractivity contribution is -0.133. The number of nitrogens with two attached hydrogens (primary N) is 1. The number of rotatable bonds is 8.